The van der Waals surface area contributed by atoms with Gasteiger partial charge in [0.2, 0.25) is 0 Å². The monoisotopic (exact) mass is 249 g/mol. The van der Waals surface area contributed by atoms with E-state index in [2.05, 4.69) is 53.2 Å². The molecule has 0 amide bonds. The molecule has 1 aliphatic heterocycles. The van der Waals surface area contributed by atoms with Gasteiger partial charge in [-0.1, -0.05) is 18.2 Å². The Bertz CT molecular complexity index is 642. The molecule has 0 saturated carbocycles. The Morgan fingerprint density at radius 3 is 2.58 bits per heavy atom. The molecule has 0 radical (unpaired) electrons. The number of hydrogen-bond acceptors (Lipinski definition) is 3. The first-order valence-corrected chi connectivity index (χ1v) is 6.37. The third-order valence-corrected chi connectivity index (χ3v) is 3.53. The van der Waals surface area contributed by atoms with Crippen LogP contribution in [0, 0.1) is 11.3 Å². The first-order chi connectivity index (χ1) is 9.29. The molecule has 2 aromatic carbocycles. The highest BCUT2D eigenvalue weighted by Crippen LogP contribution is 2.36. The van der Waals surface area contributed by atoms with Crippen molar-refractivity contribution in [1.29, 1.82) is 5.26 Å². The Hall–Kier alpha value is -2.47. The van der Waals surface area contributed by atoms with Gasteiger partial charge in [-0.3, -0.25) is 0 Å². The molecule has 1 heterocycles. The third-order valence-electron chi connectivity index (χ3n) is 3.53. The standard InChI is InChI=1S/C16H15N3/c1-18-9-10-19(16-8-3-2-7-15(16)18)14-6-4-5-13(11-14)12-17/h2-8,11H,9-10H2,1H3. The van der Waals surface area contributed by atoms with Crippen LogP contribution >= 0.6 is 0 Å². The number of nitriles is 1. The van der Waals surface area contributed by atoms with Crippen molar-refractivity contribution in [3.8, 4) is 6.07 Å². The smallest absolute Gasteiger partial charge is 0.0992 e. The molecule has 1 aliphatic rings. The van der Waals surface area contributed by atoms with Crippen molar-refractivity contribution in [2.45, 2.75) is 0 Å². The molecule has 3 nitrogen and oxygen atoms in total. The van der Waals surface area contributed by atoms with E-state index in [1.54, 1.807) is 0 Å². The van der Waals surface area contributed by atoms with Crippen LogP contribution < -0.4 is 9.80 Å². The second-order valence-corrected chi connectivity index (χ2v) is 4.72. The van der Waals surface area contributed by atoms with Gasteiger partial charge in [0.25, 0.3) is 0 Å². The maximum Gasteiger partial charge on any atom is 0.0992 e. The van der Waals surface area contributed by atoms with Gasteiger partial charge in [-0.05, 0) is 30.3 Å². The number of anilines is 3. The minimum atomic E-state index is 0.703. The zero-order valence-electron chi connectivity index (χ0n) is 10.9. The Balaban J connectivity index is 2.07. The van der Waals surface area contributed by atoms with E-state index in [0.717, 1.165) is 18.8 Å². The van der Waals surface area contributed by atoms with Crippen LogP contribution in [0.1, 0.15) is 5.56 Å². The summed E-state index contributed by atoms with van der Waals surface area (Å²) in [5.74, 6) is 0. The lowest BCUT2D eigenvalue weighted by Gasteiger charge is -2.37. The lowest BCUT2D eigenvalue weighted by Crippen LogP contribution is -2.36. The first-order valence-electron chi connectivity index (χ1n) is 6.37. The molecule has 0 bridgehead atoms. The molecule has 0 spiro atoms. The van der Waals surface area contributed by atoms with Crippen molar-refractivity contribution in [1.82, 2.24) is 0 Å². The lowest BCUT2D eigenvalue weighted by molar-refractivity contribution is 0.822. The Morgan fingerprint density at radius 1 is 1.00 bits per heavy atom. The first kappa shape index (κ1) is 11.6. The van der Waals surface area contributed by atoms with E-state index in [1.807, 2.05) is 18.2 Å². The quantitative estimate of drug-likeness (QED) is 0.777. The Labute approximate surface area is 113 Å². The maximum absolute atomic E-state index is 9.02. The molecule has 0 aromatic heterocycles. The fourth-order valence-electron chi connectivity index (χ4n) is 2.52. The van der Waals surface area contributed by atoms with Crippen LogP contribution in [0.5, 0.6) is 0 Å². The molecule has 0 N–H and O–H groups in total. The summed E-state index contributed by atoms with van der Waals surface area (Å²) >= 11 is 0. The molecule has 0 atom stereocenters. The van der Waals surface area contributed by atoms with E-state index in [9.17, 15) is 0 Å². The average molecular weight is 249 g/mol. The molecule has 0 aliphatic carbocycles. The largest absolute Gasteiger partial charge is 0.371 e. The van der Waals surface area contributed by atoms with Crippen molar-refractivity contribution < 1.29 is 0 Å². The average Bonchev–Trinajstić information content (AvgIpc) is 2.48. The summed E-state index contributed by atoms with van der Waals surface area (Å²) in [6.45, 7) is 1.91. The van der Waals surface area contributed by atoms with Gasteiger partial charge < -0.3 is 9.80 Å². The normalized spacial score (nSPS) is 13.9. The van der Waals surface area contributed by atoms with Gasteiger partial charge in [0.15, 0.2) is 0 Å². The molecule has 94 valence electrons. The molecule has 3 rings (SSSR count). The van der Waals surface area contributed by atoms with Gasteiger partial charge >= 0.3 is 0 Å². The van der Waals surface area contributed by atoms with E-state index >= 15 is 0 Å². The number of rotatable bonds is 1. The van der Waals surface area contributed by atoms with Gasteiger partial charge in [0.1, 0.15) is 0 Å². The van der Waals surface area contributed by atoms with Crippen molar-refractivity contribution in [3.63, 3.8) is 0 Å². The van der Waals surface area contributed by atoms with Crippen LogP contribution in [-0.4, -0.2) is 20.1 Å². The minimum absolute atomic E-state index is 0.703. The van der Waals surface area contributed by atoms with E-state index < -0.39 is 0 Å². The summed E-state index contributed by atoms with van der Waals surface area (Å²) in [5.41, 5.74) is 4.22. The van der Waals surface area contributed by atoms with Crippen LogP contribution in [0.3, 0.4) is 0 Å². The summed E-state index contributed by atoms with van der Waals surface area (Å²) in [6, 6.07) is 18.4. The third kappa shape index (κ3) is 2.02. The maximum atomic E-state index is 9.02. The summed E-state index contributed by atoms with van der Waals surface area (Å²) < 4.78 is 0. The molecule has 19 heavy (non-hydrogen) atoms. The highest BCUT2D eigenvalue weighted by atomic mass is 15.3. The van der Waals surface area contributed by atoms with Crippen LogP contribution in [0.4, 0.5) is 17.1 Å². The Morgan fingerprint density at radius 2 is 1.79 bits per heavy atom. The number of hydrogen-bond donors (Lipinski definition) is 0. The molecular weight excluding hydrogens is 234 g/mol. The van der Waals surface area contributed by atoms with Gasteiger partial charge in [-0.25, -0.2) is 0 Å². The highest BCUT2D eigenvalue weighted by Gasteiger charge is 2.20. The van der Waals surface area contributed by atoms with Crippen molar-refractivity contribution >= 4 is 17.1 Å². The predicted octanol–water partition coefficient (Wildman–Crippen LogP) is 3.15. The topological polar surface area (TPSA) is 30.3 Å². The van der Waals surface area contributed by atoms with Crippen molar-refractivity contribution in [3.05, 3.63) is 54.1 Å². The van der Waals surface area contributed by atoms with Crippen LogP contribution in [-0.2, 0) is 0 Å². The highest BCUT2D eigenvalue weighted by molar-refractivity contribution is 5.79. The second kappa shape index (κ2) is 4.66. The SMILES string of the molecule is CN1CCN(c2cccc(C#N)c2)c2ccccc21. The summed E-state index contributed by atoms with van der Waals surface area (Å²) in [7, 11) is 2.11. The molecule has 2 aromatic rings. The van der Waals surface area contributed by atoms with E-state index in [0.29, 0.717) is 5.56 Å². The Kier molecular flexibility index (Phi) is 2.85. The van der Waals surface area contributed by atoms with Gasteiger partial charge in [0.05, 0.1) is 23.0 Å². The lowest BCUT2D eigenvalue weighted by atomic mass is 10.1. The van der Waals surface area contributed by atoms with Crippen molar-refractivity contribution in [2.24, 2.45) is 0 Å². The second-order valence-electron chi connectivity index (χ2n) is 4.72. The van der Waals surface area contributed by atoms with Crippen LogP contribution in [0.2, 0.25) is 0 Å². The van der Waals surface area contributed by atoms with Gasteiger partial charge in [-0.2, -0.15) is 5.26 Å². The van der Waals surface area contributed by atoms with Gasteiger partial charge in [-0.15, -0.1) is 0 Å². The summed E-state index contributed by atoms with van der Waals surface area (Å²) in [5, 5.41) is 9.02. The van der Waals surface area contributed by atoms with Crippen LogP contribution in [0.25, 0.3) is 0 Å². The zero-order valence-corrected chi connectivity index (χ0v) is 10.9. The van der Waals surface area contributed by atoms with E-state index in [-0.39, 0.29) is 0 Å². The summed E-state index contributed by atoms with van der Waals surface area (Å²) in [4.78, 5) is 4.54. The van der Waals surface area contributed by atoms with E-state index in [4.69, 9.17) is 5.26 Å². The molecule has 0 unspecified atom stereocenters. The fourth-order valence-corrected chi connectivity index (χ4v) is 2.52. The van der Waals surface area contributed by atoms with Crippen LogP contribution in [0.15, 0.2) is 48.5 Å². The number of fused-ring (bicyclic) bond motifs is 1. The predicted molar refractivity (Wildman–Crippen MR) is 77.9 cm³/mol. The summed E-state index contributed by atoms with van der Waals surface area (Å²) in [6.07, 6.45) is 0. The molecule has 0 saturated heterocycles. The number of para-hydroxylation sites is 2. The zero-order chi connectivity index (χ0) is 13.2. The molecule has 0 fully saturated rings. The molecular formula is C16H15N3. The van der Waals surface area contributed by atoms with E-state index in [1.165, 1.54) is 11.4 Å². The fraction of sp³-hybridized carbons (Fsp3) is 0.188. The number of benzene rings is 2. The minimum Gasteiger partial charge on any atom is -0.371 e. The van der Waals surface area contributed by atoms with Crippen molar-refractivity contribution in [2.75, 3.05) is 29.9 Å². The van der Waals surface area contributed by atoms with Gasteiger partial charge in [0, 0.05) is 25.8 Å². The number of nitrogens with zero attached hydrogens (tertiary/aromatic N) is 3. The molecule has 3 heteroatoms. The number of likely N-dealkylation sites (N-methyl/N-ethyl adjacent to an activating group) is 1.